The van der Waals surface area contributed by atoms with E-state index < -0.39 is 21.6 Å². The van der Waals surface area contributed by atoms with Crippen molar-refractivity contribution in [2.24, 2.45) is 0 Å². The molecule has 1 aromatic heterocycles. The second kappa shape index (κ2) is 5.25. The fraction of sp³-hybridized carbons (Fsp3) is 0.0833. The molecule has 20 heavy (non-hydrogen) atoms. The van der Waals surface area contributed by atoms with Gasteiger partial charge in [0, 0.05) is 10.9 Å². The van der Waals surface area contributed by atoms with Crippen LogP contribution >= 0.6 is 11.3 Å². The largest absolute Gasteiger partial charge is 0.490 e. The number of carboxylic acid groups (broad SMARTS) is 1. The molecule has 0 bridgehead atoms. The average molecular weight is 297 g/mol. The third kappa shape index (κ3) is 2.45. The third-order valence-electron chi connectivity index (χ3n) is 2.54. The molecule has 0 aliphatic carbocycles. The van der Waals surface area contributed by atoms with Gasteiger partial charge in [-0.05, 0) is 23.8 Å². The van der Waals surface area contributed by atoms with Crippen molar-refractivity contribution in [3.8, 4) is 16.2 Å². The molecular weight excluding hydrogens is 289 g/mol. The zero-order valence-electron chi connectivity index (χ0n) is 10.1. The van der Waals surface area contributed by atoms with E-state index in [1.165, 1.54) is 25.3 Å². The van der Waals surface area contributed by atoms with E-state index in [4.69, 9.17) is 9.84 Å². The molecule has 0 radical (unpaired) electrons. The third-order valence-corrected chi connectivity index (χ3v) is 3.69. The second-order valence-electron chi connectivity index (χ2n) is 3.74. The Morgan fingerprint density at radius 2 is 2.15 bits per heavy atom. The highest BCUT2D eigenvalue weighted by molar-refractivity contribution is 7.17. The number of thiophene rings is 1. The van der Waals surface area contributed by atoms with E-state index in [-0.39, 0.29) is 11.4 Å². The summed E-state index contributed by atoms with van der Waals surface area (Å²) in [6.07, 6.45) is 0. The lowest BCUT2D eigenvalue weighted by Crippen LogP contribution is -1.93. The van der Waals surface area contributed by atoms with Crippen LogP contribution in [0.2, 0.25) is 0 Å². The summed E-state index contributed by atoms with van der Waals surface area (Å²) in [5.74, 6) is -2.16. The molecule has 6 nitrogen and oxygen atoms in total. The van der Waals surface area contributed by atoms with Crippen molar-refractivity contribution in [2.75, 3.05) is 7.11 Å². The molecule has 0 spiro atoms. The number of hydrogen-bond acceptors (Lipinski definition) is 5. The van der Waals surface area contributed by atoms with Gasteiger partial charge in [-0.1, -0.05) is 0 Å². The van der Waals surface area contributed by atoms with E-state index in [9.17, 15) is 19.3 Å². The highest BCUT2D eigenvalue weighted by Gasteiger charge is 2.20. The van der Waals surface area contributed by atoms with Crippen molar-refractivity contribution in [2.45, 2.75) is 0 Å². The summed E-state index contributed by atoms with van der Waals surface area (Å²) in [6, 6.07) is 5.14. The summed E-state index contributed by atoms with van der Waals surface area (Å²) in [4.78, 5) is 20.9. The lowest BCUT2D eigenvalue weighted by Gasteiger charge is -2.03. The molecule has 1 heterocycles. The molecule has 8 heteroatoms. The first kappa shape index (κ1) is 13.9. The number of carbonyl (C=O) groups is 1. The lowest BCUT2D eigenvalue weighted by molar-refractivity contribution is -0.385. The van der Waals surface area contributed by atoms with Crippen LogP contribution in [0.3, 0.4) is 0 Å². The van der Waals surface area contributed by atoms with E-state index in [0.29, 0.717) is 21.8 Å². The normalized spacial score (nSPS) is 10.3. The summed E-state index contributed by atoms with van der Waals surface area (Å²) >= 11 is 0.717. The number of nitro benzene ring substituents is 1. The van der Waals surface area contributed by atoms with Crippen LogP contribution in [-0.4, -0.2) is 23.1 Å². The molecule has 104 valence electrons. The van der Waals surface area contributed by atoms with E-state index in [0.717, 1.165) is 6.07 Å². The second-order valence-corrected chi connectivity index (χ2v) is 4.79. The number of aromatic carboxylic acids is 1. The molecule has 0 fully saturated rings. The van der Waals surface area contributed by atoms with Crippen LogP contribution in [0.15, 0.2) is 24.3 Å². The van der Waals surface area contributed by atoms with E-state index in [2.05, 4.69) is 0 Å². The molecule has 0 saturated heterocycles. The van der Waals surface area contributed by atoms with Gasteiger partial charge in [-0.2, -0.15) is 0 Å². The number of halogens is 1. The quantitative estimate of drug-likeness (QED) is 0.691. The predicted octanol–water partition coefficient (Wildman–Crippen LogP) is 3.17. The monoisotopic (exact) mass is 297 g/mol. The Balaban J connectivity index is 2.53. The SMILES string of the molecule is COc1ccc(-c2cc(F)c(C(=O)O)s2)cc1[N+](=O)[O-]. The number of rotatable bonds is 4. The van der Waals surface area contributed by atoms with Gasteiger partial charge in [0.25, 0.3) is 0 Å². The van der Waals surface area contributed by atoms with Gasteiger partial charge in [0.15, 0.2) is 5.75 Å². The van der Waals surface area contributed by atoms with Crippen LogP contribution in [0.4, 0.5) is 10.1 Å². The Bertz CT molecular complexity index is 697. The molecular formula is C12H8FNO5S. The van der Waals surface area contributed by atoms with Crippen LogP contribution in [0.1, 0.15) is 9.67 Å². The number of nitro groups is 1. The molecule has 1 aromatic carbocycles. The maximum absolute atomic E-state index is 13.4. The van der Waals surface area contributed by atoms with Gasteiger partial charge in [0.1, 0.15) is 10.7 Å². The minimum atomic E-state index is -1.37. The Kier molecular flexibility index (Phi) is 3.66. The molecule has 0 aliphatic rings. The van der Waals surface area contributed by atoms with Crippen LogP contribution in [0.25, 0.3) is 10.4 Å². The molecule has 0 atom stereocenters. The zero-order chi connectivity index (χ0) is 14.9. The van der Waals surface area contributed by atoms with Gasteiger partial charge < -0.3 is 9.84 Å². The summed E-state index contributed by atoms with van der Waals surface area (Å²) in [5, 5.41) is 19.7. The van der Waals surface area contributed by atoms with Crippen LogP contribution in [-0.2, 0) is 0 Å². The first-order chi connectivity index (χ1) is 9.43. The zero-order valence-corrected chi connectivity index (χ0v) is 10.9. The molecule has 2 aromatic rings. The smallest absolute Gasteiger partial charge is 0.348 e. The van der Waals surface area contributed by atoms with Gasteiger partial charge in [0.05, 0.1) is 12.0 Å². The van der Waals surface area contributed by atoms with Crippen molar-refractivity contribution in [1.82, 2.24) is 0 Å². The fourth-order valence-corrected chi connectivity index (χ4v) is 2.51. The minimum absolute atomic E-state index is 0.0780. The maximum Gasteiger partial charge on any atom is 0.348 e. The summed E-state index contributed by atoms with van der Waals surface area (Å²) in [7, 11) is 1.30. The number of ether oxygens (including phenoxy) is 1. The van der Waals surface area contributed by atoms with Gasteiger partial charge >= 0.3 is 11.7 Å². The molecule has 1 N–H and O–H groups in total. The molecule has 0 unspecified atom stereocenters. The van der Waals surface area contributed by atoms with Gasteiger partial charge in [-0.25, -0.2) is 9.18 Å². The first-order valence-electron chi connectivity index (χ1n) is 5.29. The Morgan fingerprint density at radius 1 is 1.45 bits per heavy atom. The van der Waals surface area contributed by atoms with E-state index in [1.54, 1.807) is 0 Å². The Labute approximate surface area is 116 Å². The Morgan fingerprint density at radius 3 is 2.65 bits per heavy atom. The number of hydrogen-bond donors (Lipinski definition) is 1. The molecule has 0 aliphatic heterocycles. The van der Waals surface area contributed by atoms with Gasteiger partial charge in [-0.15, -0.1) is 11.3 Å². The highest BCUT2D eigenvalue weighted by atomic mass is 32.1. The predicted molar refractivity (Wildman–Crippen MR) is 69.9 cm³/mol. The molecule has 0 saturated carbocycles. The van der Waals surface area contributed by atoms with E-state index >= 15 is 0 Å². The fourth-order valence-electron chi connectivity index (χ4n) is 1.64. The number of nitrogens with zero attached hydrogens (tertiary/aromatic N) is 1. The van der Waals surface area contributed by atoms with Crippen LogP contribution in [0, 0.1) is 15.9 Å². The van der Waals surface area contributed by atoms with Crippen molar-refractivity contribution in [1.29, 1.82) is 0 Å². The van der Waals surface area contributed by atoms with Crippen molar-refractivity contribution in [3.63, 3.8) is 0 Å². The maximum atomic E-state index is 13.4. The standard InChI is InChI=1S/C12H8FNO5S/c1-19-9-3-2-6(4-8(9)14(17)18)10-5-7(13)11(20-10)12(15)16/h2-5H,1H3,(H,15,16). The molecule has 2 rings (SSSR count). The van der Waals surface area contributed by atoms with Gasteiger partial charge in [0.2, 0.25) is 0 Å². The average Bonchev–Trinajstić information content (AvgIpc) is 2.80. The summed E-state index contributed by atoms with van der Waals surface area (Å²) < 4.78 is 18.3. The summed E-state index contributed by atoms with van der Waals surface area (Å²) in [6.45, 7) is 0. The van der Waals surface area contributed by atoms with Gasteiger partial charge in [-0.3, -0.25) is 10.1 Å². The number of benzene rings is 1. The van der Waals surface area contributed by atoms with Crippen molar-refractivity contribution in [3.05, 3.63) is 45.1 Å². The lowest BCUT2D eigenvalue weighted by atomic mass is 10.1. The minimum Gasteiger partial charge on any atom is -0.490 e. The highest BCUT2D eigenvalue weighted by Crippen LogP contribution is 2.36. The van der Waals surface area contributed by atoms with Crippen molar-refractivity contribution < 1.29 is 24.0 Å². The number of carboxylic acids is 1. The van der Waals surface area contributed by atoms with Crippen LogP contribution < -0.4 is 4.74 Å². The van der Waals surface area contributed by atoms with E-state index in [1.807, 2.05) is 0 Å². The Hall–Kier alpha value is -2.48. The summed E-state index contributed by atoms with van der Waals surface area (Å²) in [5.41, 5.74) is 0.0876. The van der Waals surface area contributed by atoms with Crippen molar-refractivity contribution >= 4 is 23.0 Å². The topological polar surface area (TPSA) is 89.7 Å². The molecule has 0 amide bonds. The number of methoxy groups -OCH3 is 1. The van der Waals surface area contributed by atoms with Crippen LogP contribution in [0.5, 0.6) is 5.75 Å². The first-order valence-corrected chi connectivity index (χ1v) is 6.11.